The third kappa shape index (κ3) is 3.35. The Morgan fingerprint density at radius 1 is 1.28 bits per heavy atom. The number of thiophene rings is 1. The van der Waals surface area contributed by atoms with E-state index in [2.05, 4.69) is 0 Å². The molecule has 2 aromatic heterocycles. The Labute approximate surface area is 154 Å². The van der Waals surface area contributed by atoms with Crippen LogP contribution < -0.4 is 5.73 Å². The van der Waals surface area contributed by atoms with Gasteiger partial charge in [-0.2, -0.15) is 0 Å². The van der Waals surface area contributed by atoms with Crippen molar-refractivity contribution in [1.82, 2.24) is 4.57 Å². The van der Waals surface area contributed by atoms with Crippen molar-refractivity contribution in [3.63, 3.8) is 0 Å². The maximum atomic E-state index is 14.5. The molecule has 1 unspecified atom stereocenters. The van der Waals surface area contributed by atoms with Gasteiger partial charge in [0.2, 0.25) is 0 Å². The van der Waals surface area contributed by atoms with Crippen LogP contribution >= 0.6 is 22.9 Å². The van der Waals surface area contributed by atoms with E-state index in [-0.39, 0.29) is 0 Å². The van der Waals surface area contributed by atoms with Gasteiger partial charge in [0, 0.05) is 44.7 Å². The molecule has 130 valence electrons. The minimum Gasteiger partial charge on any atom is -0.405 e. The highest BCUT2D eigenvalue weighted by atomic mass is 35.5. The van der Waals surface area contributed by atoms with Crippen LogP contribution in [-0.4, -0.2) is 9.67 Å². The fraction of sp³-hybridized carbons (Fsp3) is 0.158. The van der Waals surface area contributed by atoms with Gasteiger partial charge < -0.3 is 15.4 Å². The molecule has 25 heavy (non-hydrogen) atoms. The number of hydrogen-bond acceptors (Lipinski definition) is 3. The van der Waals surface area contributed by atoms with Gasteiger partial charge in [0.15, 0.2) is 0 Å². The lowest BCUT2D eigenvalue weighted by atomic mass is 9.98. The summed E-state index contributed by atoms with van der Waals surface area (Å²) in [6.45, 7) is 2.02. The van der Waals surface area contributed by atoms with E-state index in [1.54, 1.807) is 23.5 Å². The molecule has 3 rings (SSSR count). The van der Waals surface area contributed by atoms with Crippen molar-refractivity contribution in [3.8, 4) is 21.7 Å². The second kappa shape index (κ2) is 7.04. The largest absolute Gasteiger partial charge is 0.405 e. The molecule has 1 aromatic carbocycles. The summed E-state index contributed by atoms with van der Waals surface area (Å²) in [6.07, 6.45) is 3.73. The number of nitrogens with zero attached hydrogens (tertiary/aromatic N) is 1. The van der Waals surface area contributed by atoms with Crippen LogP contribution in [0.1, 0.15) is 16.5 Å². The summed E-state index contributed by atoms with van der Waals surface area (Å²) >= 11 is 7.50. The number of halogens is 2. The molecule has 0 spiro atoms. The predicted octanol–water partition coefficient (Wildman–Crippen LogP) is 5.03. The van der Waals surface area contributed by atoms with Crippen molar-refractivity contribution in [2.75, 3.05) is 0 Å². The fourth-order valence-corrected chi connectivity index (χ4v) is 3.99. The summed E-state index contributed by atoms with van der Waals surface area (Å²) in [5.74, 6) is -0.437. The molecule has 2 heterocycles. The van der Waals surface area contributed by atoms with Gasteiger partial charge in [-0.3, -0.25) is 0 Å². The molecule has 0 bridgehead atoms. The van der Waals surface area contributed by atoms with Crippen LogP contribution in [0.4, 0.5) is 4.39 Å². The van der Waals surface area contributed by atoms with E-state index in [0.717, 1.165) is 15.3 Å². The first-order valence-electron chi connectivity index (χ1n) is 7.70. The van der Waals surface area contributed by atoms with Gasteiger partial charge in [0.05, 0.1) is 5.69 Å². The van der Waals surface area contributed by atoms with Crippen LogP contribution in [0.5, 0.6) is 0 Å². The lowest BCUT2D eigenvalue weighted by Crippen LogP contribution is -2.01. The van der Waals surface area contributed by atoms with Crippen LogP contribution in [0.2, 0.25) is 5.02 Å². The van der Waals surface area contributed by atoms with E-state index < -0.39 is 11.9 Å². The third-order valence-corrected chi connectivity index (χ3v) is 5.27. The van der Waals surface area contributed by atoms with Crippen molar-refractivity contribution >= 4 is 22.9 Å². The molecule has 6 heteroatoms. The first kappa shape index (κ1) is 17.7. The molecular formula is C19H18ClFN2OS. The molecule has 0 amide bonds. The first-order chi connectivity index (χ1) is 11.9. The van der Waals surface area contributed by atoms with E-state index in [1.807, 2.05) is 36.9 Å². The number of rotatable bonds is 4. The van der Waals surface area contributed by atoms with E-state index in [9.17, 15) is 9.50 Å². The Bertz CT molecular complexity index is 945. The number of aromatic nitrogens is 1. The number of aryl methyl sites for hydroxylation is 2. The lowest BCUT2D eigenvalue weighted by Gasteiger charge is -2.13. The first-order valence-corrected chi connectivity index (χ1v) is 8.89. The average molecular weight is 377 g/mol. The summed E-state index contributed by atoms with van der Waals surface area (Å²) in [6, 6.07) is 8.55. The SMILES string of the molecule is Cc1ccc(-c2cn(C)c(-c3ccc(Cl)cc3F)c2C(O)/C=C/N)s1. The monoisotopic (exact) mass is 376 g/mol. The Hall–Kier alpha value is -2.08. The van der Waals surface area contributed by atoms with E-state index >= 15 is 0 Å². The second-order valence-corrected chi connectivity index (χ2v) is 7.50. The Balaban J connectivity index is 2.29. The topological polar surface area (TPSA) is 51.2 Å². The van der Waals surface area contributed by atoms with Gasteiger partial charge in [0.1, 0.15) is 11.9 Å². The van der Waals surface area contributed by atoms with Gasteiger partial charge in [-0.05, 0) is 49.5 Å². The quantitative estimate of drug-likeness (QED) is 0.671. The smallest absolute Gasteiger partial charge is 0.134 e. The molecule has 3 N–H and O–H groups in total. The Kier molecular flexibility index (Phi) is 4.99. The zero-order chi connectivity index (χ0) is 18.1. The summed E-state index contributed by atoms with van der Waals surface area (Å²) in [4.78, 5) is 2.17. The van der Waals surface area contributed by atoms with Crippen LogP contribution in [0.15, 0.2) is 48.8 Å². The van der Waals surface area contributed by atoms with Crippen molar-refractivity contribution < 1.29 is 9.50 Å². The zero-order valence-electron chi connectivity index (χ0n) is 13.8. The Morgan fingerprint density at radius 2 is 2.04 bits per heavy atom. The summed E-state index contributed by atoms with van der Waals surface area (Å²) in [5.41, 5.74) is 7.92. The zero-order valence-corrected chi connectivity index (χ0v) is 15.4. The number of nitrogens with two attached hydrogens (primary N) is 1. The number of aliphatic hydroxyl groups excluding tert-OH is 1. The molecule has 0 fully saturated rings. The third-order valence-electron chi connectivity index (χ3n) is 4.00. The number of benzene rings is 1. The van der Waals surface area contributed by atoms with Crippen LogP contribution in [0.25, 0.3) is 21.7 Å². The van der Waals surface area contributed by atoms with Gasteiger partial charge >= 0.3 is 0 Å². The van der Waals surface area contributed by atoms with Crippen molar-refractivity contribution in [1.29, 1.82) is 0 Å². The van der Waals surface area contributed by atoms with Crippen molar-refractivity contribution in [3.05, 3.63) is 70.1 Å². The summed E-state index contributed by atoms with van der Waals surface area (Å²) < 4.78 is 16.4. The van der Waals surface area contributed by atoms with Gasteiger partial charge in [-0.15, -0.1) is 11.3 Å². The van der Waals surface area contributed by atoms with Crippen molar-refractivity contribution in [2.24, 2.45) is 12.8 Å². The molecular weight excluding hydrogens is 359 g/mol. The minimum atomic E-state index is -0.950. The van der Waals surface area contributed by atoms with E-state index in [4.69, 9.17) is 17.3 Å². The highest BCUT2D eigenvalue weighted by molar-refractivity contribution is 7.15. The molecule has 0 radical (unpaired) electrons. The molecule has 0 aliphatic carbocycles. The Morgan fingerprint density at radius 3 is 2.64 bits per heavy atom. The predicted molar refractivity (Wildman–Crippen MR) is 102 cm³/mol. The minimum absolute atomic E-state index is 0.327. The molecule has 3 aromatic rings. The second-order valence-electron chi connectivity index (χ2n) is 5.78. The lowest BCUT2D eigenvalue weighted by molar-refractivity contribution is 0.229. The molecule has 0 aliphatic heterocycles. The highest BCUT2D eigenvalue weighted by Gasteiger charge is 2.24. The van der Waals surface area contributed by atoms with Gasteiger partial charge in [0.25, 0.3) is 0 Å². The highest BCUT2D eigenvalue weighted by Crippen LogP contribution is 2.41. The maximum Gasteiger partial charge on any atom is 0.134 e. The number of aliphatic hydroxyl groups is 1. The van der Waals surface area contributed by atoms with Gasteiger partial charge in [-0.1, -0.05) is 11.6 Å². The normalized spacial score (nSPS) is 12.8. The number of hydrogen-bond donors (Lipinski definition) is 2. The molecule has 0 saturated carbocycles. The molecule has 3 nitrogen and oxygen atoms in total. The summed E-state index contributed by atoms with van der Waals surface area (Å²) in [7, 11) is 1.83. The fourth-order valence-electron chi connectivity index (χ4n) is 2.94. The van der Waals surface area contributed by atoms with E-state index in [0.29, 0.717) is 21.8 Å². The summed E-state index contributed by atoms with van der Waals surface area (Å²) in [5, 5.41) is 11.0. The van der Waals surface area contributed by atoms with E-state index in [1.165, 1.54) is 18.3 Å². The molecule has 0 aliphatic rings. The molecule has 1 atom stereocenters. The van der Waals surface area contributed by atoms with Crippen LogP contribution in [0.3, 0.4) is 0 Å². The van der Waals surface area contributed by atoms with Crippen LogP contribution in [0, 0.1) is 12.7 Å². The maximum absolute atomic E-state index is 14.5. The average Bonchev–Trinajstić information content (AvgIpc) is 3.11. The molecule has 0 saturated heterocycles. The van der Waals surface area contributed by atoms with Gasteiger partial charge in [-0.25, -0.2) is 4.39 Å². The standard InChI is InChI=1S/C19H18ClFN2OS/c1-11-3-6-17(25-11)14-10-23(2)19(18(14)16(24)7-8-22)13-5-4-12(20)9-15(13)21/h3-10,16,24H,22H2,1-2H3/b8-7+. The van der Waals surface area contributed by atoms with Crippen molar-refractivity contribution in [2.45, 2.75) is 13.0 Å². The van der Waals surface area contributed by atoms with Crippen LogP contribution in [-0.2, 0) is 7.05 Å².